The van der Waals surface area contributed by atoms with Crippen LogP contribution in [0.25, 0.3) is 22.2 Å². The summed E-state index contributed by atoms with van der Waals surface area (Å²) < 4.78 is 21.4. The predicted molar refractivity (Wildman–Crippen MR) is 118 cm³/mol. The summed E-state index contributed by atoms with van der Waals surface area (Å²) in [6.45, 7) is 0.295. The zero-order chi connectivity index (χ0) is 21.8. The maximum absolute atomic E-state index is 12.3. The zero-order valence-corrected chi connectivity index (χ0v) is 17.9. The lowest BCUT2D eigenvalue weighted by molar-refractivity contribution is 0.324. The fourth-order valence-electron chi connectivity index (χ4n) is 3.08. The maximum atomic E-state index is 12.3. The molecule has 0 N–H and O–H groups in total. The van der Waals surface area contributed by atoms with Crippen LogP contribution in [-0.2, 0) is 6.54 Å². The Balaban J connectivity index is 1.55. The normalized spacial score (nSPS) is 11.2. The monoisotopic (exact) mass is 437 g/mol. The van der Waals surface area contributed by atoms with Crippen LogP contribution >= 0.6 is 11.3 Å². The van der Waals surface area contributed by atoms with Crippen LogP contribution in [0.1, 0.15) is 5.56 Å². The summed E-state index contributed by atoms with van der Waals surface area (Å²) in [7, 11) is 4.67. The van der Waals surface area contributed by atoms with Gasteiger partial charge in [-0.25, -0.2) is 9.78 Å². The van der Waals surface area contributed by atoms with Gasteiger partial charge >= 0.3 is 5.63 Å². The Bertz CT molecular complexity index is 1290. The van der Waals surface area contributed by atoms with Gasteiger partial charge in [0.25, 0.3) is 0 Å². The second-order valence-corrected chi connectivity index (χ2v) is 7.27. The van der Waals surface area contributed by atoms with Crippen LogP contribution < -0.4 is 19.8 Å². The Morgan fingerprint density at radius 1 is 1.03 bits per heavy atom. The van der Waals surface area contributed by atoms with E-state index in [1.54, 1.807) is 38.8 Å². The number of methoxy groups -OCH3 is 3. The van der Waals surface area contributed by atoms with Crippen molar-refractivity contribution in [2.24, 2.45) is 10.2 Å². The number of fused-ring (bicyclic) bond motifs is 1. The van der Waals surface area contributed by atoms with Crippen LogP contribution in [0.15, 0.2) is 67.3 Å². The first-order chi connectivity index (χ1) is 15.1. The van der Waals surface area contributed by atoms with Gasteiger partial charge in [-0.05, 0) is 29.8 Å². The summed E-state index contributed by atoms with van der Waals surface area (Å²) in [5.74, 6) is 1.61. The van der Waals surface area contributed by atoms with Gasteiger partial charge in [0.2, 0.25) is 10.9 Å². The van der Waals surface area contributed by atoms with E-state index >= 15 is 0 Å². The van der Waals surface area contributed by atoms with Crippen LogP contribution in [0.3, 0.4) is 0 Å². The highest BCUT2D eigenvalue weighted by Crippen LogP contribution is 2.38. The third kappa shape index (κ3) is 4.26. The number of benzene rings is 2. The minimum absolute atomic E-state index is 0.295. The highest BCUT2D eigenvalue weighted by molar-refractivity contribution is 7.13. The van der Waals surface area contributed by atoms with E-state index in [0.717, 1.165) is 10.9 Å². The molecule has 2 heterocycles. The maximum Gasteiger partial charge on any atom is 0.345 e. The number of hydrogen-bond donors (Lipinski definition) is 0. The molecular formula is C22H19N3O5S. The molecule has 0 saturated heterocycles. The van der Waals surface area contributed by atoms with Crippen molar-refractivity contribution in [3.63, 3.8) is 0 Å². The minimum Gasteiger partial charge on any atom is -0.493 e. The first-order valence-electron chi connectivity index (χ1n) is 9.28. The van der Waals surface area contributed by atoms with Crippen molar-refractivity contribution in [1.29, 1.82) is 0 Å². The molecule has 0 radical (unpaired) electrons. The zero-order valence-electron chi connectivity index (χ0n) is 17.1. The van der Waals surface area contributed by atoms with Gasteiger partial charge < -0.3 is 18.6 Å². The van der Waals surface area contributed by atoms with E-state index in [0.29, 0.717) is 45.8 Å². The first-order valence-corrected chi connectivity index (χ1v) is 10.2. The number of aromatic nitrogens is 1. The molecule has 4 aromatic rings. The average Bonchev–Trinajstić information content (AvgIpc) is 3.26. The molecule has 0 aliphatic rings. The number of azo groups is 1. The molecule has 31 heavy (non-hydrogen) atoms. The molecule has 0 saturated carbocycles. The lowest BCUT2D eigenvalue weighted by Crippen LogP contribution is -2.02. The number of ether oxygens (including phenoxy) is 3. The summed E-state index contributed by atoms with van der Waals surface area (Å²) in [6, 6.07) is 12.7. The standard InChI is InChI=1S/C22H19N3O5S/c1-27-18-8-13(9-19(28-2)20(18)29-3)11-23-25-22-24-16(12-31-22)15-10-14-6-4-5-7-17(14)30-21(15)26/h4-10,12H,11H2,1-3H3. The van der Waals surface area contributed by atoms with Crippen molar-refractivity contribution in [2.75, 3.05) is 21.3 Å². The molecule has 0 amide bonds. The summed E-state index contributed by atoms with van der Waals surface area (Å²) in [6.07, 6.45) is 0. The summed E-state index contributed by atoms with van der Waals surface area (Å²) in [5.41, 5.74) is 1.83. The van der Waals surface area contributed by atoms with E-state index in [1.165, 1.54) is 11.3 Å². The first kappa shape index (κ1) is 20.5. The Morgan fingerprint density at radius 2 is 1.77 bits per heavy atom. The number of rotatable bonds is 7. The molecule has 0 aliphatic heterocycles. The van der Waals surface area contributed by atoms with Crippen LogP contribution in [0.5, 0.6) is 17.2 Å². The highest BCUT2D eigenvalue weighted by Gasteiger charge is 2.14. The topological polar surface area (TPSA) is 95.5 Å². The molecule has 0 spiro atoms. The summed E-state index contributed by atoms with van der Waals surface area (Å²) >= 11 is 1.29. The molecule has 0 bridgehead atoms. The number of hydrogen-bond acceptors (Lipinski definition) is 9. The van der Waals surface area contributed by atoms with Crippen molar-refractivity contribution in [3.8, 4) is 28.5 Å². The Labute approximate surface area is 181 Å². The van der Waals surface area contributed by atoms with E-state index < -0.39 is 5.63 Å². The minimum atomic E-state index is -0.440. The molecule has 8 nitrogen and oxygen atoms in total. The van der Waals surface area contributed by atoms with Crippen molar-refractivity contribution < 1.29 is 18.6 Å². The smallest absolute Gasteiger partial charge is 0.345 e. The van der Waals surface area contributed by atoms with E-state index in [9.17, 15) is 4.79 Å². The fourth-order valence-corrected chi connectivity index (χ4v) is 3.73. The van der Waals surface area contributed by atoms with E-state index in [4.69, 9.17) is 18.6 Å². The van der Waals surface area contributed by atoms with Crippen molar-refractivity contribution in [1.82, 2.24) is 4.98 Å². The van der Waals surface area contributed by atoms with Gasteiger partial charge in [0, 0.05) is 10.8 Å². The molecule has 0 aliphatic carbocycles. The number of thiazole rings is 1. The quantitative estimate of drug-likeness (QED) is 0.290. The molecule has 0 unspecified atom stereocenters. The Morgan fingerprint density at radius 3 is 2.48 bits per heavy atom. The van der Waals surface area contributed by atoms with E-state index in [2.05, 4.69) is 15.2 Å². The summed E-state index contributed by atoms with van der Waals surface area (Å²) in [4.78, 5) is 16.7. The second kappa shape index (κ2) is 8.97. The third-order valence-corrected chi connectivity index (χ3v) is 5.27. The SMILES string of the molecule is COc1cc(CN=Nc2nc(-c3cc4ccccc4oc3=O)cs2)cc(OC)c1OC. The Kier molecular flexibility index (Phi) is 5.94. The van der Waals surface area contributed by atoms with Crippen molar-refractivity contribution in [3.05, 3.63) is 63.8 Å². The highest BCUT2D eigenvalue weighted by atomic mass is 32.1. The van der Waals surface area contributed by atoms with E-state index in [-0.39, 0.29) is 0 Å². The fraction of sp³-hybridized carbons (Fsp3) is 0.182. The van der Waals surface area contributed by atoms with Crippen LogP contribution in [0.4, 0.5) is 5.13 Å². The molecule has 0 fully saturated rings. The van der Waals surface area contributed by atoms with Gasteiger partial charge in [-0.1, -0.05) is 18.2 Å². The Hall–Kier alpha value is -3.72. The average molecular weight is 437 g/mol. The van der Waals surface area contributed by atoms with Gasteiger partial charge in [-0.15, -0.1) is 16.5 Å². The van der Waals surface area contributed by atoms with Gasteiger partial charge in [0.15, 0.2) is 11.5 Å². The lowest BCUT2D eigenvalue weighted by Gasteiger charge is -2.13. The molecule has 2 aromatic carbocycles. The van der Waals surface area contributed by atoms with Gasteiger partial charge in [0.1, 0.15) is 5.58 Å². The second-order valence-electron chi connectivity index (χ2n) is 6.43. The number of para-hydroxylation sites is 1. The van der Waals surface area contributed by atoms with Crippen molar-refractivity contribution in [2.45, 2.75) is 6.54 Å². The van der Waals surface area contributed by atoms with Gasteiger partial charge in [-0.2, -0.15) is 5.11 Å². The predicted octanol–water partition coefficient (Wildman–Crippen LogP) is 5.23. The molecular weight excluding hydrogens is 418 g/mol. The molecule has 2 aromatic heterocycles. The molecule has 158 valence electrons. The van der Waals surface area contributed by atoms with Crippen LogP contribution in [-0.4, -0.2) is 26.3 Å². The molecule has 4 rings (SSSR count). The summed E-state index contributed by atoms with van der Waals surface area (Å²) in [5, 5.41) is 11.4. The largest absolute Gasteiger partial charge is 0.493 e. The van der Waals surface area contributed by atoms with Crippen LogP contribution in [0, 0.1) is 0 Å². The van der Waals surface area contributed by atoms with Gasteiger partial charge in [-0.3, -0.25) is 0 Å². The molecule has 9 heteroatoms. The van der Waals surface area contributed by atoms with Gasteiger partial charge in [0.05, 0.1) is 39.1 Å². The molecule has 0 atom stereocenters. The number of nitrogens with zero attached hydrogens (tertiary/aromatic N) is 3. The van der Waals surface area contributed by atoms with E-state index in [1.807, 2.05) is 30.3 Å². The lowest BCUT2D eigenvalue weighted by atomic mass is 10.1. The van der Waals surface area contributed by atoms with Crippen LogP contribution in [0.2, 0.25) is 0 Å². The third-order valence-electron chi connectivity index (χ3n) is 4.54. The van der Waals surface area contributed by atoms with Crippen molar-refractivity contribution >= 4 is 27.4 Å².